The molecule has 0 heterocycles. The van der Waals surface area contributed by atoms with Gasteiger partial charge in [0.15, 0.2) is 11.5 Å². The highest BCUT2D eigenvalue weighted by Gasteiger charge is 2.13. The predicted octanol–water partition coefficient (Wildman–Crippen LogP) is 4.57. The van der Waals surface area contributed by atoms with E-state index in [1.807, 2.05) is 26.0 Å². The molecule has 0 spiro atoms. The van der Waals surface area contributed by atoms with E-state index in [-0.39, 0.29) is 5.56 Å². The first kappa shape index (κ1) is 19.9. The molecule has 7 heteroatoms. The van der Waals surface area contributed by atoms with E-state index in [9.17, 15) is 4.79 Å². The van der Waals surface area contributed by atoms with Gasteiger partial charge in [0.25, 0.3) is 0 Å². The van der Waals surface area contributed by atoms with Crippen molar-refractivity contribution in [1.82, 2.24) is 0 Å². The summed E-state index contributed by atoms with van der Waals surface area (Å²) in [4.78, 5) is 11.2. The Kier molecular flexibility index (Phi) is 7.15. The quantitative estimate of drug-likeness (QED) is 0.615. The van der Waals surface area contributed by atoms with Crippen LogP contribution in [0, 0.1) is 0 Å². The average Bonchev–Trinajstić information content (AvgIpc) is 2.62. The highest BCUT2D eigenvalue weighted by Crippen LogP contribution is 2.37. The summed E-state index contributed by atoms with van der Waals surface area (Å²) in [5, 5.41) is 12.4. The van der Waals surface area contributed by atoms with Crippen molar-refractivity contribution in [2.45, 2.75) is 20.4 Å². The molecule has 140 valence electrons. The average molecular weight is 424 g/mol. The largest absolute Gasteiger partial charge is 0.495 e. The third-order valence-corrected chi connectivity index (χ3v) is 4.18. The zero-order valence-corrected chi connectivity index (χ0v) is 16.6. The lowest BCUT2D eigenvalue weighted by Gasteiger charge is -2.16. The van der Waals surface area contributed by atoms with Crippen molar-refractivity contribution in [2.24, 2.45) is 0 Å². The summed E-state index contributed by atoms with van der Waals surface area (Å²) in [5.74, 6) is 0.915. The Morgan fingerprint density at radius 2 is 1.85 bits per heavy atom. The van der Waals surface area contributed by atoms with Gasteiger partial charge in [-0.1, -0.05) is 0 Å². The number of carbonyl (C=O) groups is 1. The van der Waals surface area contributed by atoms with Crippen molar-refractivity contribution in [1.29, 1.82) is 0 Å². The Bertz CT molecular complexity index is 779. The third-order valence-electron chi connectivity index (χ3n) is 3.59. The van der Waals surface area contributed by atoms with Crippen molar-refractivity contribution in [3.05, 3.63) is 45.9 Å². The first-order chi connectivity index (χ1) is 12.5. The molecule has 0 radical (unpaired) electrons. The van der Waals surface area contributed by atoms with Crippen LogP contribution in [0.4, 0.5) is 5.69 Å². The standard InChI is InChI=1S/C19H22BrNO5/c1-4-25-17-9-12(8-14(20)18(17)26-5-2)11-21-15-10-13(19(22)23)6-7-16(15)24-3/h6-10,21H,4-5,11H2,1-3H3,(H,22,23). The van der Waals surface area contributed by atoms with Crippen LogP contribution in [0.2, 0.25) is 0 Å². The van der Waals surface area contributed by atoms with Crippen molar-refractivity contribution in [3.63, 3.8) is 0 Å². The number of hydrogen-bond donors (Lipinski definition) is 2. The van der Waals surface area contributed by atoms with Crippen LogP contribution in [0.15, 0.2) is 34.8 Å². The summed E-state index contributed by atoms with van der Waals surface area (Å²) in [6.45, 7) is 5.36. The van der Waals surface area contributed by atoms with E-state index < -0.39 is 5.97 Å². The van der Waals surface area contributed by atoms with Gasteiger partial charge in [0.2, 0.25) is 0 Å². The highest BCUT2D eigenvalue weighted by atomic mass is 79.9. The molecule has 0 aliphatic rings. The minimum atomic E-state index is -0.988. The number of hydrogen-bond acceptors (Lipinski definition) is 5. The number of carboxylic acids is 1. The molecule has 0 fully saturated rings. The summed E-state index contributed by atoms with van der Waals surface area (Å²) < 4.78 is 17.4. The van der Waals surface area contributed by atoms with E-state index in [0.717, 1.165) is 10.0 Å². The molecule has 2 aromatic rings. The molecule has 0 atom stereocenters. The topological polar surface area (TPSA) is 77.0 Å². The molecule has 0 bridgehead atoms. The molecule has 0 unspecified atom stereocenters. The van der Waals surface area contributed by atoms with Crippen LogP contribution in [0.5, 0.6) is 17.2 Å². The minimum Gasteiger partial charge on any atom is -0.495 e. The maximum Gasteiger partial charge on any atom is 0.335 e. The Hall–Kier alpha value is -2.41. The summed E-state index contributed by atoms with van der Waals surface area (Å²) in [6, 6.07) is 8.53. The zero-order chi connectivity index (χ0) is 19.1. The van der Waals surface area contributed by atoms with Crippen LogP contribution < -0.4 is 19.5 Å². The molecule has 0 saturated heterocycles. The van der Waals surface area contributed by atoms with Gasteiger partial charge < -0.3 is 24.6 Å². The van der Waals surface area contributed by atoms with Crippen LogP contribution in [0.25, 0.3) is 0 Å². The van der Waals surface area contributed by atoms with Gasteiger partial charge in [0, 0.05) is 6.54 Å². The number of carboxylic acid groups (broad SMARTS) is 1. The monoisotopic (exact) mass is 423 g/mol. The second-order valence-corrected chi connectivity index (χ2v) is 6.20. The molecule has 26 heavy (non-hydrogen) atoms. The summed E-state index contributed by atoms with van der Waals surface area (Å²) in [7, 11) is 1.54. The number of rotatable bonds is 9. The van der Waals surface area contributed by atoms with Crippen molar-refractivity contribution < 1.29 is 24.1 Å². The second-order valence-electron chi connectivity index (χ2n) is 5.34. The molecular weight excluding hydrogens is 402 g/mol. The summed E-state index contributed by atoms with van der Waals surface area (Å²) in [6.07, 6.45) is 0. The number of nitrogens with one attached hydrogen (secondary N) is 1. The van der Waals surface area contributed by atoms with Gasteiger partial charge in [-0.3, -0.25) is 0 Å². The van der Waals surface area contributed by atoms with Gasteiger partial charge in [0.1, 0.15) is 5.75 Å². The summed E-state index contributed by atoms with van der Waals surface area (Å²) in [5.41, 5.74) is 1.75. The van der Waals surface area contributed by atoms with Gasteiger partial charge in [0.05, 0.1) is 36.0 Å². The van der Waals surface area contributed by atoms with Crippen molar-refractivity contribution in [3.8, 4) is 17.2 Å². The van der Waals surface area contributed by atoms with Gasteiger partial charge in [-0.2, -0.15) is 0 Å². The Morgan fingerprint density at radius 3 is 2.46 bits per heavy atom. The predicted molar refractivity (Wildman–Crippen MR) is 104 cm³/mol. The Labute approximate surface area is 161 Å². The lowest BCUT2D eigenvalue weighted by Crippen LogP contribution is -2.05. The Balaban J connectivity index is 2.26. The number of methoxy groups -OCH3 is 1. The van der Waals surface area contributed by atoms with Crippen LogP contribution in [-0.4, -0.2) is 31.4 Å². The molecule has 2 aromatic carbocycles. The lowest BCUT2D eigenvalue weighted by molar-refractivity contribution is 0.0697. The van der Waals surface area contributed by atoms with Crippen molar-refractivity contribution in [2.75, 3.05) is 25.6 Å². The molecule has 0 amide bonds. The lowest BCUT2D eigenvalue weighted by atomic mass is 10.1. The smallest absolute Gasteiger partial charge is 0.335 e. The third kappa shape index (κ3) is 4.82. The molecular formula is C19H22BrNO5. The van der Waals surface area contributed by atoms with E-state index in [2.05, 4.69) is 21.2 Å². The fourth-order valence-electron chi connectivity index (χ4n) is 2.45. The van der Waals surface area contributed by atoms with Crippen molar-refractivity contribution >= 4 is 27.6 Å². The maximum atomic E-state index is 11.2. The SMILES string of the molecule is CCOc1cc(CNc2cc(C(=O)O)ccc2OC)cc(Br)c1OCC. The van der Waals surface area contributed by atoms with Crippen LogP contribution in [-0.2, 0) is 6.54 Å². The number of anilines is 1. The molecule has 6 nitrogen and oxygen atoms in total. The molecule has 2 rings (SSSR count). The fourth-order valence-corrected chi connectivity index (χ4v) is 3.05. The van der Waals surface area contributed by atoms with Gasteiger partial charge in [-0.15, -0.1) is 0 Å². The normalized spacial score (nSPS) is 10.3. The molecule has 0 aromatic heterocycles. The van der Waals surface area contributed by atoms with E-state index >= 15 is 0 Å². The number of halogens is 1. The van der Waals surface area contributed by atoms with E-state index in [4.69, 9.17) is 19.3 Å². The van der Waals surface area contributed by atoms with Crippen LogP contribution >= 0.6 is 15.9 Å². The van der Waals surface area contributed by atoms with Crippen LogP contribution in [0.3, 0.4) is 0 Å². The first-order valence-electron chi connectivity index (χ1n) is 8.23. The molecule has 2 N–H and O–H groups in total. The minimum absolute atomic E-state index is 0.191. The van der Waals surface area contributed by atoms with Gasteiger partial charge >= 0.3 is 5.97 Å². The first-order valence-corrected chi connectivity index (χ1v) is 9.02. The number of ether oxygens (including phenoxy) is 3. The van der Waals surface area contributed by atoms with E-state index in [1.165, 1.54) is 6.07 Å². The number of aromatic carboxylic acids is 1. The molecule has 0 aliphatic heterocycles. The maximum absolute atomic E-state index is 11.2. The zero-order valence-electron chi connectivity index (χ0n) is 15.0. The highest BCUT2D eigenvalue weighted by molar-refractivity contribution is 9.10. The van der Waals surface area contributed by atoms with E-state index in [1.54, 1.807) is 19.2 Å². The van der Waals surface area contributed by atoms with Gasteiger partial charge in [-0.05, 0) is 65.7 Å². The fraction of sp³-hybridized carbons (Fsp3) is 0.316. The van der Waals surface area contributed by atoms with Gasteiger partial charge in [-0.25, -0.2) is 4.79 Å². The summed E-state index contributed by atoms with van der Waals surface area (Å²) >= 11 is 3.52. The molecule has 0 aliphatic carbocycles. The van der Waals surface area contributed by atoms with E-state index in [0.29, 0.717) is 42.7 Å². The Morgan fingerprint density at radius 1 is 1.12 bits per heavy atom. The molecule has 0 saturated carbocycles. The number of benzene rings is 2. The second kappa shape index (κ2) is 9.33. The van der Waals surface area contributed by atoms with Crippen LogP contribution in [0.1, 0.15) is 29.8 Å².